The summed E-state index contributed by atoms with van der Waals surface area (Å²) in [4.78, 5) is 28.3. The molecule has 2 amide bonds. The molecule has 186 valence electrons. The minimum atomic E-state index is -4.68. The summed E-state index contributed by atoms with van der Waals surface area (Å²) in [6.45, 7) is 4.24. The third-order valence-corrected chi connectivity index (χ3v) is 6.64. The highest BCUT2D eigenvalue weighted by Crippen LogP contribution is 2.42. The van der Waals surface area contributed by atoms with Crippen LogP contribution in [-0.4, -0.2) is 18.4 Å². The van der Waals surface area contributed by atoms with Crippen LogP contribution in [0.1, 0.15) is 18.1 Å². The highest BCUT2D eigenvalue weighted by Gasteiger charge is 2.42. The second kappa shape index (κ2) is 10.3. The Labute approximate surface area is 214 Å². The monoisotopic (exact) mass is 532 g/mol. The van der Waals surface area contributed by atoms with Gasteiger partial charge in [0.1, 0.15) is 16.4 Å². The molecule has 3 aromatic carbocycles. The summed E-state index contributed by atoms with van der Waals surface area (Å²) in [6.07, 6.45) is -4.68. The van der Waals surface area contributed by atoms with E-state index < -0.39 is 23.6 Å². The van der Waals surface area contributed by atoms with Gasteiger partial charge in [0.15, 0.2) is 0 Å². The zero-order valence-corrected chi connectivity index (χ0v) is 20.7. The molecule has 0 bridgehead atoms. The van der Waals surface area contributed by atoms with Crippen molar-refractivity contribution in [1.82, 2.24) is 0 Å². The number of alkyl halides is 3. The van der Waals surface area contributed by atoms with E-state index in [-0.39, 0.29) is 21.3 Å². The van der Waals surface area contributed by atoms with Crippen molar-refractivity contribution in [2.45, 2.75) is 24.9 Å². The van der Waals surface area contributed by atoms with Crippen LogP contribution in [0.4, 0.5) is 24.5 Å². The van der Waals surface area contributed by atoms with E-state index >= 15 is 0 Å². The molecule has 0 saturated carbocycles. The molecule has 1 N–H and O–H groups in total. The first-order valence-electron chi connectivity index (χ1n) is 10.8. The average Bonchev–Trinajstić information content (AvgIpc) is 3.05. The predicted octanol–water partition coefficient (Wildman–Crippen LogP) is 7.06. The van der Waals surface area contributed by atoms with E-state index in [0.29, 0.717) is 33.9 Å². The van der Waals surface area contributed by atoms with Crippen LogP contribution in [0.3, 0.4) is 0 Å². The van der Waals surface area contributed by atoms with E-state index in [1.807, 2.05) is 26.0 Å². The number of nitrogens with zero attached hydrogens (tertiary/aromatic N) is 1. The van der Waals surface area contributed by atoms with Crippen molar-refractivity contribution in [2.75, 3.05) is 16.8 Å². The van der Waals surface area contributed by atoms with Crippen molar-refractivity contribution in [2.24, 2.45) is 0 Å². The molecule has 0 spiro atoms. The van der Waals surface area contributed by atoms with Crippen LogP contribution in [0.5, 0.6) is 5.75 Å². The molecular formula is C26H20ClF3N2O3S. The Bertz CT molecular complexity index is 1340. The SMILES string of the molecule is CCOc1ccc(NC2=C(Sc3ccc(C)cc3)C(=O)N(c3cc(C(F)(F)F)ccc3Cl)C2=O)cc1. The van der Waals surface area contributed by atoms with Crippen molar-refractivity contribution in [3.63, 3.8) is 0 Å². The normalized spacial score (nSPS) is 14.0. The minimum Gasteiger partial charge on any atom is -0.494 e. The van der Waals surface area contributed by atoms with Crippen LogP contribution in [-0.2, 0) is 15.8 Å². The minimum absolute atomic E-state index is 0.0335. The lowest BCUT2D eigenvalue weighted by Crippen LogP contribution is -2.33. The van der Waals surface area contributed by atoms with E-state index in [2.05, 4.69) is 5.32 Å². The maximum absolute atomic E-state index is 13.5. The molecule has 4 rings (SSSR count). The number of anilines is 2. The number of carbonyl (C=O) groups excluding carboxylic acids is 2. The molecule has 0 radical (unpaired) electrons. The van der Waals surface area contributed by atoms with Crippen LogP contribution in [0.25, 0.3) is 0 Å². The Morgan fingerprint density at radius 1 is 0.972 bits per heavy atom. The van der Waals surface area contributed by atoms with Gasteiger partial charge in [0.05, 0.1) is 22.9 Å². The quantitative estimate of drug-likeness (QED) is 0.330. The third-order valence-electron chi connectivity index (χ3n) is 5.23. The standard InChI is InChI=1S/C26H20ClF3N2O3S/c1-3-35-18-9-7-17(8-10-18)31-22-23(36-19-11-4-15(2)5-12-19)25(34)32(24(22)33)21-14-16(26(28,29)30)6-13-20(21)27/h4-14,31H,3H2,1-2H3. The molecule has 1 heterocycles. The topological polar surface area (TPSA) is 58.6 Å². The summed E-state index contributed by atoms with van der Waals surface area (Å²) in [5.74, 6) is -0.970. The number of nitrogens with one attached hydrogen (secondary N) is 1. The van der Waals surface area contributed by atoms with E-state index in [0.717, 1.165) is 29.5 Å². The molecule has 5 nitrogen and oxygen atoms in total. The number of hydrogen-bond donors (Lipinski definition) is 1. The Balaban J connectivity index is 1.75. The summed E-state index contributed by atoms with van der Waals surface area (Å²) in [6, 6.07) is 16.5. The third kappa shape index (κ3) is 5.37. The number of aryl methyl sites for hydroxylation is 1. The van der Waals surface area contributed by atoms with Gasteiger partial charge >= 0.3 is 6.18 Å². The Morgan fingerprint density at radius 3 is 2.25 bits per heavy atom. The van der Waals surface area contributed by atoms with Gasteiger partial charge < -0.3 is 10.1 Å². The number of benzene rings is 3. The zero-order valence-electron chi connectivity index (χ0n) is 19.2. The number of ether oxygens (including phenoxy) is 1. The molecule has 0 aromatic heterocycles. The molecule has 36 heavy (non-hydrogen) atoms. The van der Waals surface area contributed by atoms with Gasteiger partial charge in [-0.05, 0) is 68.4 Å². The van der Waals surface area contributed by atoms with E-state index in [1.165, 1.54) is 0 Å². The molecular weight excluding hydrogens is 513 g/mol. The van der Waals surface area contributed by atoms with Gasteiger partial charge in [-0.25, -0.2) is 4.90 Å². The summed E-state index contributed by atoms with van der Waals surface area (Å²) in [5.41, 5.74) is 0.0687. The smallest absolute Gasteiger partial charge is 0.416 e. The van der Waals surface area contributed by atoms with Crippen molar-refractivity contribution in [3.05, 3.63) is 93.5 Å². The van der Waals surface area contributed by atoms with Gasteiger partial charge in [-0.15, -0.1) is 0 Å². The number of hydrogen-bond acceptors (Lipinski definition) is 5. The fourth-order valence-electron chi connectivity index (χ4n) is 3.46. The van der Waals surface area contributed by atoms with Crippen LogP contribution >= 0.6 is 23.4 Å². The van der Waals surface area contributed by atoms with Crippen LogP contribution in [0, 0.1) is 6.92 Å². The number of imide groups is 1. The van der Waals surface area contributed by atoms with E-state index in [4.69, 9.17) is 16.3 Å². The van der Waals surface area contributed by atoms with Crippen LogP contribution in [0.15, 0.2) is 82.2 Å². The second-order valence-electron chi connectivity index (χ2n) is 7.81. The van der Waals surface area contributed by atoms with Gasteiger partial charge in [0.2, 0.25) is 0 Å². The van der Waals surface area contributed by atoms with Crippen molar-refractivity contribution in [3.8, 4) is 5.75 Å². The first-order valence-corrected chi connectivity index (χ1v) is 12.0. The predicted molar refractivity (Wildman–Crippen MR) is 134 cm³/mol. The molecule has 3 aromatic rings. The van der Waals surface area contributed by atoms with E-state index in [1.54, 1.807) is 36.4 Å². The number of thioether (sulfide) groups is 1. The highest BCUT2D eigenvalue weighted by molar-refractivity contribution is 8.04. The van der Waals surface area contributed by atoms with Gasteiger partial charge in [-0.1, -0.05) is 41.1 Å². The molecule has 0 fully saturated rings. The molecule has 0 saturated heterocycles. The molecule has 1 aliphatic rings. The largest absolute Gasteiger partial charge is 0.494 e. The Kier molecular flexibility index (Phi) is 7.33. The summed E-state index contributed by atoms with van der Waals surface area (Å²) < 4.78 is 45.5. The maximum atomic E-state index is 13.5. The highest BCUT2D eigenvalue weighted by atomic mass is 35.5. The fourth-order valence-corrected chi connectivity index (χ4v) is 4.59. The molecule has 10 heteroatoms. The van der Waals surface area contributed by atoms with Gasteiger partial charge in [0, 0.05) is 10.6 Å². The van der Waals surface area contributed by atoms with Crippen LogP contribution in [0.2, 0.25) is 5.02 Å². The molecule has 0 unspecified atom stereocenters. The average molecular weight is 533 g/mol. The maximum Gasteiger partial charge on any atom is 0.416 e. The second-order valence-corrected chi connectivity index (χ2v) is 9.30. The zero-order chi connectivity index (χ0) is 26.0. The lowest BCUT2D eigenvalue weighted by Gasteiger charge is -2.18. The molecule has 0 aliphatic carbocycles. The lowest BCUT2D eigenvalue weighted by molar-refractivity contribution is -0.137. The first-order chi connectivity index (χ1) is 17.1. The number of rotatable bonds is 7. The summed E-state index contributed by atoms with van der Waals surface area (Å²) in [5, 5.41) is 2.80. The molecule has 0 atom stereocenters. The Morgan fingerprint density at radius 2 is 1.64 bits per heavy atom. The van der Waals surface area contributed by atoms with E-state index in [9.17, 15) is 22.8 Å². The summed E-state index contributed by atoms with van der Waals surface area (Å²) in [7, 11) is 0. The lowest BCUT2D eigenvalue weighted by atomic mass is 10.2. The Hall–Kier alpha value is -3.43. The van der Waals surface area contributed by atoms with Crippen molar-refractivity contribution >= 4 is 46.6 Å². The van der Waals surface area contributed by atoms with Gasteiger partial charge in [-0.2, -0.15) is 13.2 Å². The number of halogens is 4. The van der Waals surface area contributed by atoms with Crippen molar-refractivity contribution in [1.29, 1.82) is 0 Å². The fraction of sp³-hybridized carbons (Fsp3) is 0.154. The number of amides is 2. The van der Waals surface area contributed by atoms with Gasteiger partial charge in [0.25, 0.3) is 11.8 Å². The van der Waals surface area contributed by atoms with Crippen molar-refractivity contribution < 1.29 is 27.5 Å². The molecule has 1 aliphatic heterocycles. The summed E-state index contributed by atoms with van der Waals surface area (Å²) >= 11 is 7.20. The first kappa shape index (κ1) is 25.7. The van der Waals surface area contributed by atoms with Crippen LogP contribution < -0.4 is 15.0 Å². The number of carbonyl (C=O) groups is 2. The van der Waals surface area contributed by atoms with Gasteiger partial charge in [-0.3, -0.25) is 9.59 Å².